The van der Waals surface area contributed by atoms with Crippen LogP contribution in [0.4, 0.5) is 5.13 Å². The van der Waals surface area contributed by atoms with Crippen LogP contribution >= 0.6 is 11.3 Å². The summed E-state index contributed by atoms with van der Waals surface area (Å²) in [6, 6.07) is 7.07. The summed E-state index contributed by atoms with van der Waals surface area (Å²) >= 11 is 1.31. The molecule has 2 aromatic heterocycles. The molecule has 0 saturated heterocycles. The van der Waals surface area contributed by atoms with E-state index >= 15 is 0 Å². The largest absolute Gasteiger partial charge is 0.360 e. The van der Waals surface area contributed by atoms with Gasteiger partial charge in [0.1, 0.15) is 10.6 Å². The van der Waals surface area contributed by atoms with Gasteiger partial charge < -0.3 is 4.98 Å². The van der Waals surface area contributed by atoms with Crippen LogP contribution in [0.1, 0.15) is 35.1 Å². The van der Waals surface area contributed by atoms with Crippen molar-refractivity contribution in [3.8, 4) is 0 Å². The van der Waals surface area contributed by atoms with Crippen molar-refractivity contribution in [2.45, 2.75) is 19.8 Å². The number of hydrogen-bond acceptors (Lipinski definition) is 5. The number of nitrogens with zero attached hydrogens (tertiary/aromatic N) is 2. The molecule has 0 spiro atoms. The van der Waals surface area contributed by atoms with Crippen molar-refractivity contribution in [1.29, 1.82) is 0 Å². The standard InChI is InChI=1S/C15H14N4O2S/c1-8(2)14-18-19-15(22-14)17-13(21)10-7-16-11-6-4-3-5-9(11)12(10)20/h3-8H,1-2H3,(H,16,20)(H,17,19,21). The number of fused-ring (bicyclic) bond motifs is 1. The number of aromatic nitrogens is 3. The van der Waals surface area contributed by atoms with Gasteiger partial charge in [-0.2, -0.15) is 0 Å². The lowest BCUT2D eigenvalue weighted by Crippen LogP contribution is -2.21. The number of carbonyl (C=O) groups excluding carboxylic acids is 1. The number of aromatic amines is 1. The van der Waals surface area contributed by atoms with Gasteiger partial charge in [-0.15, -0.1) is 10.2 Å². The molecule has 0 atom stereocenters. The van der Waals surface area contributed by atoms with Crippen molar-refractivity contribution in [1.82, 2.24) is 15.2 Å². The van der Waals surface area contributed by atoms with Gasteiger partial charge in [-0.1, -0.05) is 37.3 Å². The minimum absolute atomic E-state index is 0.0556. The average molecular weight is 314 g/mol. The first-order valence-corrected chi connectivity index (χ1v) is 7.63. The molecule has 0 aliphatic heterocycles. The van der Waals surface area contributed by atoms with Crippen LogP contribution in [-0.2, 0) is 0 Å². The highest BCUT2D eigenvalue weighted by atomic mass is 32.1. The number of hydrogen-bond donors (Lipinski definition) is 2. The number of carbonyl (C=O) groups is 1. The summed E-state index contributed by atoms with van der Waals surface area (Å²) in [5, 5.41) is 12.3. The summed E-state index contributed by atoms with van der Waals surface area (Å²) in [5.41, 5.74) is 0.447. The SMILES string of the molecule is CC(C)c1nnc(NC(=O)c2c[nH]c3ccccc3c2=O)s1. The van der Waals surface area contributed by atoms with Gasteiger partial charge in [0.25, 0.3) is 5.91 Å². The molecular weight excluding hydrogens is 300 g/mol. The maximum absolute atomic E-state index is 12.4. The first kappa shape index (κ1) is 14.4. The number of amides is 1. The highest BCUT2D eigenvalue weighted by Gasteiger charge is 2.15. The van der Waals surface area contributed by atoms with Crippen molar-refractivity contribution in [3.63, 3.8) is 0 Å². The Labute approximate surface area is 130 Å². The van der Waals surface area contributed by atoms with E-state index < -0.39 is 5.91 Å². The van der Waals surface area contributed by atoms with E-state index in [9.17, 15) is 9.59 Å². The Kier molecular flexibility index (Phi) is 3.72. The predicted octanol–water partition coefficient (Wildman–Crippen LogP) is 2.76. The first-order chi connectivity index (χ1) is 10.6. The maximum atomic E-state index is 12.4. The van der Waals surface area contributed by atoms with Crippen molar-refractivity contribution in [2.24, 2.45) is 0 Å². The van der Waals surface area contributed by atoms with Crippen LogP contribution in [0.3, 0.4) is 0 Å². The zero-order valence-electron chi connectivity index (χ0n) is 12.1. The summed E-state index contributed by atoms with van der Waals surface area (Å²) in [6.07, 6.45) is 1.42. The van der Waals surface area contributed by atoms with E-state index in [2.05, 4.69) is 20.5 Å². The molecule has 0 aliphatic rings. The molecule has 0 bridgehead atoms. The van der Waals surface area contributed by atoms with Crippen LogP contribution in [0.25, 0.3) is 10.9 Å². The topological polar surface area (TPSA) is 87.7 Å². The fourth-order valence-electron chi connectivity index (χ4n) is 2.02. The van der Waals surface area contributed by atoms with Crippen molar-refractivity contribution in [3.05, 3.63) is 51.3 Å². The Bertz CT molecular complexity index is 898. The second kappa shape index (κ2) is 5.69. The van der Waals surface area contributed by atoms with Gasteiger partial charge in [-0.3, -0.25) is 14.9 Å². The highest BCUT2D eigenvalue weighted by Crippen LogP contribution is 2.22. The second-order valence-electron chi connectivity index (χ2n) is 5.13. The predicted molar refractivity (Wildman–Crippen MR) is 86.5 cm³/mol. The molecule has 22 heavy (non-hydrogen) atoms. The van der Waals surface area contributed by atoms with Crippen molar-refractivity contribution >= 4 is 33.3 Å². The molecule has 2 heterocycles. The number of para-hydroxylation sites is 1. The molecule has 1 aromatic carbocycles. The molecule has 2 N–H and O–H groups in total. The summed E-state index contributed by atoms with van der Waals surface area (Å²) < 4.78 is 0. The summed E-state index contributed by atoms with van der Waals surface area (Å²) in [4.78, 5) is 27.6. The van der Waals surface area contributed by atoms with Gasteiger partial charge in [0.15, 0.2) is 0 Å². The van der Waals surface area contributed by atoms with E-state index in [4.69, 9.17) is 0 Å². The molecule has 0 aliphatic carbocycles. The van der Waals surface area contributed by atoms with Crippen molar-refractivity contribution in [2.75, 3.05) is 5.32 Å². The maximum Gasteiger partial charge on any atom is 0.262 e. The van der Waals surface area contributed by atoms with Gasteiger partial charge in [0.2, 0.25) is 10.6 Å². The summed E-state index contributed by atoms with van der Waals surface area (Å²) in [5.74, 6) is -0.245. The lowest BCUT2D eigenvalue weighted by atomic mass is 10.1. The lowest BCUT2D eigenvalue weighted by molar-refractivity contribution is 0.102. The zero-order valence-corrected chi connectivity index (χ0v) is 12.9. The van der Waals surface area contributed by atoms with Crippen LogP contribution < -0.4 is 10.7 Å². The average Bonchev–Trinajstić information content (AvgIpc) is 2.96. The molecule has 0 fully saturated rings. The first-order valence-electron chi connectivity index (χ1n) is 6.81. The van der Waals surface area contributed by atoms with Gasteiger partial charge in [0.05, 0.1) is 0 Å². The number of benzene rings is 1. The Morgan fingerprint density at radius 3 is 2.77 bits per heavy atom. The molecule has 0 saturated carbocycles. The third kappa shape index (κ3) is 2.62. The third-order valence-electron chi connectivity index (χ3n) is 3.19. The minimum atomic E-state index is -0.488. The number of anilines is 1. The Balaban J connectivity index is 1.92. The Morgan fingerprint density at radius 2 is 2.05 bits per heavy atom. The van der Waals surface area contributed by atoms with E-state index in [-0.39, 0.29) is 16.9 Å². The Morgan fingerprint density at radius 1 is 1.27 bits per heavy atom. The highest BCUT2D eigenvalue weighted by molar-refractivity contribution is 7.15. The summed E-state index contributed by atoms with van der Waals surface area (Å²) in [7, 11) is 0. The molecule has 1 amide bonds. The Hall–Kier alpha value is -2.54. The summed E-state index contributed by atoms with van der Waals surface area (Å²) in [6.45, 7) is 4.00. The van der Waals surface area contributed by atoms with E-state index in [1.54, 1.807) is 18.2 Å². The van der Waals surface area contributed by atoms with Gasteiger partial charge in [-0.05, 0) is 12.1 Å². The molecule has 0 unspecified atom stereocenters. The number of nitrogens with one attached hydrogen (secondary N) is 2. The van der Waals surface area contributed by atoms with Crippen molar-refractivity contribution < 1.29 is 4.79 Å². The molecule has 112 valence electrons. The van der Waals surface area contributed by atoms with Gasteiger partial charge >= 0.3 is 0 Å². The smallest absolute Gasteiger partial charge is 0.262 e. The van der Waals surface area contributed by atoms with Gasteiger partial charge in [0, 0.05) is 23.0 Å². The quantitative estimate of drug-likeness (QED) is 0.778. The zero-order chi connectivity index (χ0) is 15.7. The minimum Gasteiger partial charge on any atom is -0.360 e. The fourth-order valence-corrected chi connectivity index (χ4v) is 2.76. The monoisotopic (exact) mass is 314 g/mol. The number of pyridine rings is 1. The van der Waals surface area contributed by atoms with Crippen LogP contribution in [0, 0.1) is 0 Å². The van der Waals surface area contributed by atoms with E-state index in [0.29, 0.717) is 16.0 Å². The van der Waals surface area contributed by atoms with E-state index in [0.717, 1.165) is 5.01 Å². The fraction of sp³-hybridized carbons (Fsp3) is 0.200. The van der Waals surface area contributed by atoms with Crippen LogP contribution in [0.15, 0.2) is 35.3 Å². The third-order valence-corrected chi connectivity index (χ3v) is 4.33. The molecule has 3 aromatic rings. The van der Waals surface area contributed by atoms with Gasteiger partial charge in [-0.25, -0.2) is 0 Å². The van der Waals surface area contributed by atoms with Crippen LogP contribution in [-0.4, -0.2) is 21.1 Å². The molecule has 3 rings (SSSR count). The second-order valence-corrected chi connectivity index (χ2v) is 6.14. The van der Waals surface area contributed by atoms with Crippen LogP contribution in [0.2, 0.25) is 0 Å². The van der Waals surface area contributed by atoms with E-state index in [1.807, 2.05) is 19.9 Å². The molecule has 6 nitrogen and oxygen atoms in total. The van der Waals surface area contributed by atoms with Crippen LogP contribution in [0.5, 0.6) is 0 Å². The molecule has 0 radical (unpaired) electrons. The van der Waals surface area contributed by atoms with E-state index in [1.165, 1.54) is 17.5 Å². The lowest BCUT2D eigenvalue weighted by Gasteiger charge is -2.03. The molecule has 7 heteroatoms. The number of H-pyrrole nitrogens is 1. The number of rotatable bonds is 3. The molecular formula is C15H14N4O2S. The normalized spacial score (nSPS) is 11.0.